The summed E-state index contributed by atoms with van der Waals surface area (Å²) in [7, 11) is 0. The molecule has 0 saturated carbocycles. The van der Waals surface area contributed by atoms with Gasteiger partial charge in [0, 0.05) is 6.42 Å². The van der Waals surface area contributed by atoms with Gasteiger partial charge in [0.25, 0.3) is 0 Å². The topological polar surface area (TPSA) is 55.1 Å². The number of nitrogens with one attached hydrogen (secondary N) is 1. The first-order valence-corrected chi connectivity index (χ1v) is 3.37. The highest BCUT2D eigenvalue weighted by molar-refractivity contribution is 5.79. The molecule has 10 heavy (non-hydrogen) atoms. The van der Waals surface area contributed by atoms with Gasteiger partial charge in [0.05, 0.1) is 5.54 Å². The number of nitrogens with two attached hydrogens (primary N) is 1. The summed E-state index contributed by atoms with van der Waals surface area (Å²) in [5, 5.41) is 2.83. The van der Waals surface area contributed by atoms with Gasteiger partial charge in [-0.15, -0.1) is 0 Å². The lowest BCUT2D eigenvalue weighted by atomic mass is 10.0. The minimum Gasteiger partial charge on any atom is -0.405 e. The molecule has 56 valence electrons. The van der Waals surface area contributed by atoms with Crippen molar-refractivity contribution >= 4 is 5.91 Å². The number of rotatable bonds is 1. The van der Waals surface area contributed by atoms with E-state index in [1.165, 1.54) is 6.20 Å². The fourth-order valence-corrected chi connectivity index (χ4v) is 1.15. The Morgan fingerprint density at radius 1 is 1.80 bits per heavy atom. The molecule has 3 heteroatoms. The molecule has 3 N–H and O–H groups in total. The molecule has 1 aliphatic rings. The van der Waals surface area contributed by atoms with Crippen molar-refractivity contribution in [3.05, 3.63) is 12.3 Å². The van der Waals surface area contributed by atoms with Crippen LogP contribution in [0.2, 0.25) is 0 Å². The van der Waals surface area contributed by atoms with Gasteiger partial charge in [0.2, 0.25) is 5.91 Å². The fourth-order valence-electron chi connectivity index (χ4n) is 1.15. The second-order valence-electron chi connectivity index (χ2n) is 2.82. The molecule has 3 nitrogen and oxygen atoms in total. The van der Waals surface area contributed by atoms with Crippen molar-refractivity contribution in [1.82, 2.24) is 5.32 Å². The second-order valence-corrected chi connectivity index (χ2v) is 2.82. The first kappa shape index (κ1) is 7.12. The van der Waals surface area contributed by atoms with Crippen LogP contribution in [0.5, 0.6) is 0 Å². The summed E-state index contributed by atoms with van der Waals surface area (Å²) >= 11 is 0. The molecule has 1 atom stereocenters. The van der Waals surface area contributed by atoms with E-state index in [2.05, 4.69) is 5.32 Å². The van der Waals surface area contributed by atoms with Gasteiger partial charge < -0.3 is 11.1 Å². The van der Waals surface area contributed by atoms with Crippen LogP contribution in [0.3, 0.4) is 0 Å². The highest BCUT2D eigenvalue weighted by atomic mass is 16.2. The van der Waals surface area contributed by atoms with Crippen molar-refractivity contribution < 1.29 is 4.79 Å². The Labute approximate surface area is 60.3 Å². The predicted molar refractivity (Wildman–Crippen MR) is 39.1 cm³/mol. The Hall–Kier alpha value is -0.990. The van der Waals surface area contributed by atoms with E-state index in [-0.39, 0.29) is 11.4 Å². The lowest BCUT2D eigenvalue weighted by molar-refractivity contribution is -0.119. The van der Waals surface area contributed by atoms with E-state index in [1.807, 2.05) is 13.0 Å². The van der Waals surface area contributed by atoms with Crippen molar-refractivity contribution in [3.8, 4) is 0 Å². The highest BCUT2D eigenvalue weighted by Gasteiger charge is 2.29. The first-order chi connectivity index (χ1) is 4.66. The third-order valence-electron chi connectivity index (χ3n) is 1.76. The molecule has 0 bridgehead atoms. The molecule has 0 aromatic rings. The molecule has 1 saturated heterocycles. The summed E-state index contributed by atoms with van der Waals surface area (Å²) in [4.78, 5) is 10.7. The van der Waals surface area contributed by atoms with Crippen LogP contribution in [0, 0.1) is 0 Å². The fraction of sp³-hybridized carbons (Fsp3) is 0.571. The zero-order valence-electron chi connectivity index (χ0n) is 6.05. The molecule has 1 rings (SSSR count). The Balaban J connectivity index is 2.63. The molecule has 1 unspecified atom stereocenters. The zero-order chi connectivity index (χ0) is 7.61. The largest absolute Gasteiger partial charge is 0.405 e. The molecule has 1 fully saturated rings. The van der Waals surface area contributed by atoms with E-state index in [0.29, 0.717) is 6.42 Å². The molecular weight excluding hydrogens is 128 g/mol. The summed E-state index contributed by atoms with van der Waals surface area (Å²) in [5.41, 5.74) is 5.02. The maximum Gasteiger partial charge on any atom is 0.220 e. The lowest BCUT2D eigenvalue weighted by Gasteiger charge is -2.17. The molecule has 1 heterocycles. The van der Waals surface area contributed by atoms with E-state index < -0.39 is 0 Å². The van der Waals surface area contributed by atoms with E-state index in [9.17, 15) is 4.79 Å². The summed E-state index contributed by atoms with van der Waals surface area (Å²) in [6, 6.07) is 0. The Morgan fingerprint density at radius 3 is 2.90 bits per heavy atom. The van der Waals surface area contributed by atoms with Crippen LogP contribution in [0.25, 0.3) is 0 Å². The van der Waals surface area contributed by atoms with Crippen LogP contribution in [0.4, 0.5) is 0 Å². The number of hydrogen-bond donors (Lipinski definition) is 2. The van der Waals surface area contributed by atoms with Crippen LogP contribution in [-0.4, -0.2) is 11.4 Å². The second kappa shape index (κ2) is 2.33. The van der Waals surface area contributed by atoms with Crippen molar-refractivity contribution in [2.75, 3.05) is 0 Å². The third kappa shape index (κ3) is 1.29. The number of carbonyl (C=O) groups is 1. The van der Waals surface area contributed by atoms with Gasteiger partial charge >= 0.3 is 0 Å². The Morgan fingerprint density at radius 2 is 2.50 bits per heavy atom. The van der Waals surface area contributed by atoms with Crippen molar-refractivity contribution in [2.45, 2.75) is 25.3 Å². The van der Waals surface area contributed by atoms with Crippen molar-refractivity contribution in [3.63, 3.8) is 0 Å². The summed E-state index contributed by atoms with van der Waals surface area (Å²) < 4.78 is 0. The number of carbonyl (C=O) groups excluding carboxylic acids is 1. The predicted octanol–water partition coefficient (Wildman–Crippen LogP) is 0.128. The lowest BCUT2D eigenvalue weighted by Crippen LogP contribution is -2.36. The minimum atomic E-state index is -0.189. The molecular formula is C7H12N2O. The number of hydrogen-bond acceptors (Lipinski definition) is 2. The van der Waals surface area contributed by atoms with Gasteiger partial charge in [-0.05, 0) is 25.6 Å². The van der Waals surface area contributed by atoms with Crippen LogP contribution < -0.4 is 11.1 Å². The Bertz CT molecular complexity index is 176. The maximum absolute atomic E-state index is 10.7. The normalized spacial score (nSPS) is 33.1. The van der Waals surface area contributed by atoms with Gasteiger partial charge in [0.1, 0.15) is 0 Å². The Kier molecular flexibility index (Phi) is 1.66. The van der Waals surface area contributed by atoms with Crippen LogP contribution in [-0.2, 0) is 4.79 Å². The van der Waals surface area contributed by atoms with E-state index >= 15 is 0 Å². The van der Waals surface area contributed by atoms with Crippen LogP contribution in [0.15, 0.2) is 12.3 Å². The minimum absolute atomic E-state index is 0.112. The van der Waals surface area contributed by atoms with Crippen LogP contribution in [0.1, 0.15) is 19.8 Å². The molecule has 0 aromatic heterocycles. The summed E-state index contributed by atoms with van der Waals surface area (Å²) in [5.74, 6) is 0.112. The quantitative estimate of drug-likeness (QED) is 0.544. The van der Waals surface area contributed by atoms with E-state index in [1.54, 1.807) is 0 Å². The SMILES string of the molecule is CC1(/C=C/N)CCC(=O)N1. The first-order valence-electron chi connectivity index (χ1n) is 3.37. The van der Waals surface area contributed by atoms with Gasteiger partial charge in [-0.2, -0.15) is 0 Å². The zero-order valence-corrected chi connectivity index (χ0v) is 6.05. The van der Waals surface area contributed by atoms with Crippen LogP contribution >= 0.6 is 0 Å². The average Bonchev–Trinajstić information content (AvgIpc) is 2.12. The highest BCUT2D eigenvalue weighted by Crippen LogP contribution is 2.19. The number of amides is 1. The maximum atomic E-state index is 10.7. The molecule has 0 aliphatic carbocycles. The van der Waals surface area contributed by atoms with E-state index in [0.717, 1.165) is 6.42 Å². The molecule has 0 radical (unpaired) electrons. The van der Waals surface area contributed by atoms with Gasteiger partial charge in [-0.1, -0.05) is 0 Å². The third-order valence-corrected chi connectivity index (χ3v) is 1.76. The van der Waals surface area contributed by atoms with E-state index in [4.69, 9.17) is 5.73 Å². The summed E-state index contributed by atoms with van der Waals surface area (Å²) in [6.45, 7) is 1.96. The molecule has 0 aromatic carbocycles. The van der Waals surface area contributed by atoms with Gasteiger partial charge in [-0.3, -0.25) is 4.79 Å². The molecule has 0 spiro atoms. The van der Waals surface area contributed by atoms with Crippen molar-refractivity contribution in [1.29, 1.82) is 0 Å². The van der Waals surface area contributed by atoms with Gasteiger partial charge in [0.15, 0.2) is 0 Å². The smallest absolute Gasteiger partial charge is 0.220 e. The average molecular weight is 140 g/mol. The van der Waals surface area contributed by atoms with Crippen molar-refractivity contribution in [2.24, 2.45) is 5.73 Å². The van der Waals surface area contributed by atoms with Gasteiger partial charge in [-0.25, -0.2) is 0 Å². The molecule has 1 aliphatic heterocycles. The summed E-state index contributed by atoms with van der Waals surface area (Å²) in [6.07, 6.45) is 4.75. The standard InChI is InChI=1S/C7H12N2O/c1-7(4-5-8)3-2-6(10)9-7/h4-5H,2-3,8H2,1H3,(H,9,10)/b5-4+. The monoisotopic (exact) mass is 140 g/mol. The molecule has 1 amide bonds.